The number of para-hydroxylation sites is 1. The summed E-state index contributed by atoms with van der Waals surface area (Å²) in [5, 5.41) is 0.589. The minimum Gasteiger partial charge on any atom is -0.315 e. The van der Waals surface area contributed by atoms with Gasteiger partial charge in [-0.1, -0.05) is 43.8 Å². The number of sulfone groups is 1. The van der Waals surface area contributed by atoms with Crippen molar-refractivity contribution in [2.75, 3.05) is 16.4 Å². The van der Waals surface area contributed by atoms with E-state index in [1.165, 1.54) is 18.7 Å². The third-order valence-corrected chi connectivity index (χ3v) is 7.74. The van der Waals surface area contributed by atoms with Crippen LogP contribution in [0.15, 0.2) is 23.2 Å². The number of benzene rings is 1. The number of hydrogen-bond acceptors (Lipinski definition) is 4. The molecule has 2 heterocycles. The van der Waals surface area contributed by atoms with Gasteiger partial charge in [0.25, 0.3) is 0 Å². The van der Waals surface area contributed by atoms with E-state index in [-0.39, 0.29) is 28.7 Å². The zero-order valence-electron chi connectivity index (χ0n) is 14.2. The Kier molecular flexibility index (Phi) is 4.75. The second kappa shape index (κ2) is 6.52. The van der Waals surface area contributed by atoms with Crippen molar-refractivity contribution in [3.8, 4) is 0 Å². The maximum Gasteiger partial charge on any atom is 0.244 e. The number of rotatable bonds is 3. The topological polar surface area (TPSA) is 66.8 Å². The van der Waals surface area contributed by atoms with E-state index in [0.717, 1.165) is 29.7 Å². The van der Waals surface area contributed by atoms with Crippen molar-refractivity contribution in [2.45, 2.75) is 44.9 Å². The molecular formula is C17H22N2O3S2. The maximum absolute atomic E-state index is 12.1. The lowest BCUT2D eigenvalue weighted by Crippen LogP contribution is -2.39. The second-order valence-electron chi connectivity index (χ2n) is 6.22. The van der Waals surface area contributed by atoms with E-state index in [1.807, 2.05) is 11.0 Å². The van der Waals surface area contributed by atoms with Crippen molar-refractivity contribution in [3.63, 3.8) is 0 Å². The molecule has 0 aliphatic carbocycles. The third-order valence-electron chi connectivity index (χ3n) is 4.53. The van der Waals surface area contributed by atoms with Crippen LogP contribution in [0.4, 0.5) is 5.69 Å². The van der Waals surface area contributed by atoms with E-state index in [2.05, 4.69) is 31.0 Å². The molecule has 1 aromatic carbocycles. The van der Waals surface area contributed by atoms with Crippen LogP contribution < -0.4 is 4.90 Å². The van der Waals surface area contributed by atoms with Gasteiger partial charge in [0.05, 0.1) is 17.5 Å². The van der Waals surface area contributed by atoms with Gasteiger partial charge in [0.15, 0.2) is 15.0 Å². The molecule has 0 bridgehead atoms. The van der Waals surface area contributed by atoms with Crippen molar-refractivity contribution in [1.82, 2.24) is 0 Å². The summed E-state index contributed by atoms with van der Waals surface area (Å²) in [6.45, 7) is 5.61. The summed E-state index contributed by atoms with van der Waals surface area (Å²) in [7, 11) is -3.04. The van der Waals surface area contributed by atoms with Crippen LogP contribution in [-0.4, -0.2) is 42.3 Å². The molecule has 2 aliphatic heterocycles. The van der Waals surface area contributed by atoms with Gasteiger partial charge in [0.1, 0.15) is 0 Å². The van der Waals surface area contributed by atoms with Crippen LogP contribution in [0.3, 0.4) is 0 Å². The van der Waals surface area contributed by atoms with Crippen molar-refractivity contribution in [2.24, 2.45) is 4.99 Å². The molecule has 130 valence electrons. The lowest BCUT2D eigenvalue weighted by molar-refractivity contribution is -0.115. The molecular weight excluding hydrogens is 344 g/mol. The summed E-state index contributed by atoms with van der Waals surface area (Å²) in [5.74, 6) is 0.0336. The van der Waals surface area contributed by atoms with Crippen LogP contribution in [0.1, 0.15) is 31.9 Å². The Hall–Kier alpha value is -1.34. The summed E-state index contributed by atoms with van der Waals surface area (Å²) in [6.07, 6.45) is 1.70. The van der Waals surface area contributed by atoms with Crippen molar-refractivity contribution in [1.29, 1.82) is 0 Å². The molecule has 24 heavy (non-hydrogen) atoms. The largest absolute Gasteiger partial charge is 0.315 e. The van der Waals surface area contributed by atoms with Crippen LogP contribution in [0, 0.1) is 0 Å². The quantitative estimate of drug-likeness (QED) is 0.822. The number of anilines is 1. The molecule has 0 unspecified atom stereocenters. The molecule has 0 saturated carbocycles. The number of hydrogen-bond donors (Lipinski definition) is 0. The number of amidine groups is 1. The van der Waals surface area contributed by atoms with E-state index in [4.69, 9.17) is 0 Å². The molecule has 2 fully saturated rings. The summed E-state index contributed by atoms with van der Waals surface area (Å²) < 4.78 is 24.2. The molecule has 0 radical (unpaired) electrons. The fourth-order valence-corrected chi connectivity index (χ4v) is 7.43. The number of nitrogens with zero attached hydrogens (tertiary/aromatic N) is 2. The van der Waals surface area contributed by atoms with Gasteiger partial charge in [-0.15, -0.1) is 0 Å². The Bertz CT molecular complexity index is 780. The van der Waals surface area contributed by atoms with Gasteiger partial charge in [-0.3, -0.25) is 4.79 Å². The summed E-state index contributed by atoms with van der Waals surface area (Å²) in [5.41, 5.74) is 3.37. The smallest absolute Gasteiger partial charge is 0.244 e. The summed E-state index contributed by atoms with van der Waals surface area (Å²) in [6, 6.07) is 6.04. The predicted octanol–water partition coefficient (Wildman–Crippen LogP) is 2.43. The predicted molar refractivity (Wildman–Crippen MR) is 99.6 cm³/mol. The van der Waals surface area contributed by atoms with Gasteiger partial charge in [-0.05, 0) is 24.0 Å². The Morgan fingerprint density at radius 2 is 1.88 bits per heavy atom. The molecule has 2 aliphatic rings. The number of fused-ring (bicyclic) bond motifs is 1. The highest BCUT2D eigenvalue weighted by atomic mass is 32.2. The molecule has 1 aromatic rings. The van der Waals surface area contributed by atoms with Crippen LogP contribution in [0.25, 0.3) is 0 Å². The highest BCUT2D eigenvalue weighted by Gasteiger charge is 2.50. The highest BCUT2D eigenvalue weighted by Crippen LogP contribution is 2.43. The molecule has 3 rings (SSSR count). The van der Waals surface area contributed by atoms with E-state index in [0.29, 0.717) is 5.17 Å². The second-order valence-corrected chi connectivity index (χ2v) is 9.58. The summed E-state index contributed by atoms with van der Waals surface area (Å²) >= 11 is 1.43. The molecule has 0 aromatic heterocycles. The number of carbonyl (C=O) groups is 1. The van der Waals surface area contributed by atoms with E-state index < -0.39 is 9.84 Å². The van der Waals surface area contributed by atoms with Crippen molar-refractivity contribution < 1.29 is 13.2 Å². The molecule has 7 heteroatoms. The Balaban J connectivity index is 2.16. The zero-order valence-corrected chi connectivity index (χ0v) is 15.8. The first-order chi connectivity index (χ1) is 11.4. The monoisotopic (exact) mass is 366 g/mol. The number of aliphatic imine (C=N–C) groups is 1. The Labute approximate surface area is 147 Å². The molecule has 1 amide bonds. The molecule has 0 spiro atoms. The van der Waals surface area contributed by atoms with Crippen molar-refractivity contribution >= 4 is 38.4 Å². The molecule has 0 N–H and O–H groups in total. The van der Waals surface area contributed by atoms with Gasteiger partial charge in [0, 0.05) is 17.9 Å². The Morgan fingerprint density at radius 3 is 2.42 bits per heavy atom. The van der Waals surface area contributed by atoms with Gasteiger partial charge >= 0.3 is 0 Å². The number of amides is 1. The lowest BCUT2D eigenvalue weighted by Gasteiger charge is -2.29. The Morgan fingerprint density at radius 1 is 1.25 bits per heavy atom. The van der Waals surface area contributed by atoms with E-state index in [9.17, 15) is 13.2 Å². The fourth-order valence-electron chi connectivity index (χ4n) is 3.49. The standard InChI is InChI=1S/C17H22N2O3S2/c1-4-12-7-6-8-13(5-2)16(12)19-14-9-24(21,22)10-15(14)23-17(19)18-11(3)20/h6-8,14-15H,4-5,9-10H2,1-3H3/t14-,15-/m1/s1. The average Bonchev–Trinajstić information content (AvgIpc) is 2.96. The number of carbonyl (C=O) groups excluding carboxylic acids is 1. The van der Waals surface area contributed by atoms with Crippen LogP contribution in [-0.2, 0) is 27.5 Å². The fraction of sp³-hybridized carbons (Fsp3) is 0.529. The number of aryl methyl sites for hydroxylation is 2. The first kappa shape index (κ1) is 17.5. The first-order valence-electron chi connectivity index (χ1n) is 8.22. The van der Waals surface area contributed by atoms with Crippen molar-refractivity contribution in [3.05, 3.63) is 29.3 Å². The van der Waals surface area contributed by atoms with Gasteiger partial charge in [-0.2, -0.15) is 4.99 Å². The summed E-state index contributed by atoms with van der Waals surface area (Å²) in [4.78, 5) is 17.8. The molecule has 2 saturated heterocycles. The lowest BCUT2D eigenvalue weighted by atomic mass is 10.0. The van der Waals surface area contributed by atoms with E-state index >= 15 is 0 Å². The van der Waals surface area contributed by atoms with Crippen LogP contribution >= 0.6 is 11.8 Å². The maximum atomic E-state index is 12.1. The average molecular weight is 367 g/mol. The SMILES string of the molecule is CCc1cccc(CC)c1N1C(=NC(C)=O)S[C@@H]2CS(=O)(=O)C[C@H]21. The van der Waals surface area contributed by atoms with Crippen LogP contribution in [0.2, 0.25) is 0 Å². The third kappa shape index (κ3) is 3.11. The first-order valence-corrected chi connectivity index (χ1v) is 10.9. The highest BCUT2D eigenvalue weighted by molar-refractivity contribution is 8.16. The molecule has 5 nitrogen and oxygen atoms in total. The van der Waals surface area contributed by atoms with Gasteiger partial charge in [0.2, 0.25) is 5.91 Å². The van der Waals surface area contributed by atoms with E-state index in [1.54, 1.807) is 0 Å². The molecule has 2 atom stereocenters. The normalized spacial score (nSPS) is 26.8. The number of thioether (sulfide) groups is 1. The van der Waals surface area contributed by atoms with Gasteiger partial charge in [-0.25, -0.2) is 8.42 Å². The minimum absolute atomic E-state index is 0.0530. The zero-order chi connectivity index (χ0) is 17.5. The van der Waals surface area contributed by atoms with Gasteiger partial charge < -0.3 is 4.90 Å². The van der Waals surface area contributed by atoms with Crippen LogP contribution in [0.5, 0.6) is 0 Å². The minimum atomic E-state index is -3.04.